The highest BCUT2D eigenvalue weighted by molar-refractivity contribution is 7.17. The molecule has 4 aliphatic carbocycles. The van der Waals surface area contributed by atoms with Crippen molar-refractivity contribution in [1.29, 1.82) is 0 Å². The number of aliphatic carboxylic acids is 1. The fourth-order valence-electron chi connectivity index (χ4n) is 5.35. The highest BCUT2D eigenvalue weighted by Gasteiger charge is 2.50. The summed E-state index contributed by atoms with van der Waals surface area (Å²) in [5, 5.41) is 13.2. The van der Waals surface area contributed by atoms with Gasteiger partial charge >= 0.3 is 11.9 Å². The van der Waals surface area contributed by atoms with E-state index >= 15 is 0 Å². The third-order valence-corrected chi connectivity index (χ3v) is 7.81. The van der Waals surface area contributed by atoms with Crippen LogP contribution in [0.5, 0.6) is 0 Å². The summed E-state index contributed by atoms with van der Waals surface area (Å²) in [7, 11) is 1.35. The Morgan fingerprint density at radius 2 is 1.67 bits per heavy atom. The first-order valence-electron chi connectivity index (χ1n) is 9.77. The van der Waals surface area contributed by atoms with E-state index in [1.165, 1.54) is 18.4 Å². The van der Waals surface area contributed by atoms with Gasteiger partial charge in [-0.2, -0.15) is 0 Å². The van der Waals surface area contributed by atoms with Gasteiger partial charge < -0.3 is 15.2 Å². The Balaban J connectivity index is 1.64. The molecule has 5 rings (SSSR count). The standard InChI is InChI=1S/C20H25NO5S/c1-26-20(25)16-12-4-2-3-5-13(12)27-18(16)21-17(22)14-10-6-8-11(9-7-10)15(14)19(23)24/h10-11,14-15H,2-9H2,1H3,(H,21,22)(H,23,24)/t10?,11?,14-,15+/m1/s1. The van der Waals surface area contributed by atoms with E-state index in [2.05, 4.69) is 5.32 Å². The maximum Gasteiger partial charge on any atom is 0.341 e. The van der Waals surface area contributed by atoms with Gasteiger partial charge in [-0.25, -0.2) is 4.79 Å². The number of methoxy groups -OCH3 is 1. The Hall–Kier alpha value is -1.89. The van der Waals surface area contributed by atoms with Crippen molar-refractivity contribution in [2.24, 2.45) is 23.7 Å². The summed E-state index contributed by atoms with van der Waals surface area (Å²) in [5.41, 5.74) is 1.46. The van der Waals surface area contributed by atoms with E-state index in [1.807, 2.05) is 0 Å². The molecule has 7 heteroatoms. The summed E-state index contributed by atoms with van der Waals surface area (Å²) in [6.07, 6.45) is 7.44. The van der Waals surface area contributed by atoms with Gasteiger partial charge in [-0.05, 0) is 68.8 Å². The predicted octanol–water partition coefficient (Wildman–Crippen LogP) is 3.49. The van der Waals surface area contributed by atoms with Crippen molar-refractivity contribution in [1.82, 2.24) is 0 Å². The molecule has 1 amide bonds. The normalized spacial score (nSPS) is 29.1. The van der Waals surface area contributed by atoms with Crippen LogP contribution in [0.2, 0.25) is 0 Å². The Morgan fingerprint density at radius 1 is 1.04 bits per heavy atom. The smallest absolute Gasteiger partial charge is 0.341 e. The first-order valence-corrected chi connectivity index (χ1v) is 10.6. The van der Waals surface area contributed by atoms with Gasteiger partial charge in [0.05, 0.1) is 24.5 Å². The monoisotopic (exact) mass is 391 g/mol. The zero-order valence-corrected chi connectivity index (χ0v) is 16.3. The lowest BCUT2D eigenvalue weighted by molar-refractivity contribution is -0.156. The lowest BCUT2D eigenvalue weighted by Crippen LogP contribution is -2.49. The Labute approximate surface area is 162 Å². The number of carbonyl (C=O) groups is 3. The first-order chi connectivity index (χ1) is 13.0. The fourth-order valence-corrected chi connectivity index (χ4v) is 6.63. The molecule has 1 aromatic heterocycles. The number of rotatable bonds is 4. The molecule has 3 fully saturated rings. The molecular formula is C20H25NO5S. The predicted molar refractivity (Wildman–Crippen MR) is 101 cm³/mol. The highest BCUT2D eigenvalue weighted by atomic mass is 32.1. The van der Waals surface area contributed by atoms with Crippen molar-refractivity contribution in [3.63, 3.8) is 0 Å². The third-order valence-electron chi connectivity index (χ3n) is 6.60. The number of carboxylic acids is 1. The SMILES string of the molecule is COC(=O)c1c(NC(=O)[C@@H]2C3CCC(CC3)[C@@H]2C(=O)O)sc2c1CCCC2. The Morgan fingerprint density at radius 3 is 2.30 bits per heavy atom. The van der Waals surface area contributed by atoms with Crippen molar-refractivity contribution in [2.45, 2.75) is 51.4 Å². The molecule has 1 aromatic rings. The molecule has 0 aromatic carbocycles. The highest BCUT2D eigenvalue weighted by Crippen LogP contribution is 2.49. The average Bonchev–Trinajstić information content (AvgIpc) is 3.05. The van der Waals surface area contributed by atoms with Crippen LogP contribution >= 0.6 is 11.3 Å². The first kappa shape index (κ1) is 18.5. The zero-order valence-electron chi connectivity index (χ0n) is 15.5. The van der Waals surface area contributed by atoms with Gasteiger partial charge in [-0.1, -0.05) is 0 Å². The fraction of sp³-hybridized carbons (Fsp3) is 0.650. The van der Waals surface area contributed by atoms with Crippen molar-refractivity contribution in [3.8, 4) is 0 Å². The molecule has 3 saturated carbocycles. The van der Waals surface area contributed by atoms with Gasteiger partial charge in [-0.3, -0.25) is 9.59 Å². The van der Waals surface area contributed by atoms with Crippen LogP contribution in [0, 0.1) is 23.7 Å². The second kappa shape index (κ2) is 7.26. The third kappa shape index (κ3) is 3.16. The van der Waals surface area contributed by atoms with Crippen molar-refractivity contribution < 1.29 is 24.2 Å². The molecule has 146 valence electrons. The van der Waals surface area contributed by atoms with Crippen LogP contribution in [0.3, 0.4) is 0 Å². The molecule has 2 N–H and O–H groups in total. The Kier molecular flexibility index (Phi) is 4.97. The quantitative estimate of drug-likeness (QED) is 0.767. The molecule has 6 nitrogen and oxygen atoms in total. The number of amides is 1. The second-order valence-electron chi connectivity index (χ2n) is 7.96. The van der Waals surface area contributed by atoms with Gasteiger partial charge in [0.15, 0.2) is 0 Å². The molecule has 27 heavy (non-hydrogen) atoms. The molecule has 0 aliphatic heterocycles. The minimum atomic E-state index is -0.872. The topological polar surface area (TPSA) is 92.7 Å². The number of ether oxygens (including phenoxy) is 1. The number of esters is 1. The zero-order chi connectivity index (χ0) is 19.1. The molecule has 2 bridgehead atoms. The summed E-state index contributed by atoms with van der Waals surface area (Å²) in [4.78, 5) is 38.5. The van der Waals surface area contributed by atoms with E-state index < -0.39 is 23.8 Å². The van der Waals surface area contributed by atoms with Crippen molar-refractivity contribution >= 4 is 34.2 Å². The van der Waals surface area contributed by atoms with Crippen LogP contribution < -0.4 is 5.32 Å². The molecule has 0 radical (unpaired) electrons. The van der Waals surface area contributed by atoms with Crippen LogP contribution in [0.4, 0.5) is 5.00 Å². The van der Waals surface area contributed by atoms with Crippen LogP contribution in [-0.2, 0) is 27.2 Å². The van der Waals surface area contributed by atoms with Crippen molar-refractivity contribution in [3.05, 3.63) is 16.0 Å². The van der Waals surface area contributed by atoms with Crippen molar-refractivity contribution in [2.75, 3.05) is 12.4 Å². The summed E-state index contributed by atoms with van der Waals surface area (Å²) < 4.78 is 4.96. The maximum atomic E-state index is 13.1. The largest absolute Gasteiger partial charge is 0.481 e. The average molecular weight is 391 g/mol. The number of nitrogens with one attached hydrogen (secondary N) is 1. The van der Waals surface area contributed by atoms with Crippen LogP contribution in [0.25, 0.3) is 0 Å². The van der Waals surface area contributed by atoms with E-state index in [0.717, 1.165) is 61.8 Å². The number of thiophene rings is 1. The van der Waals surface area contributed by atoms with Gasteiger partial charge in [0.25, 0.3) is 0 Å². The number of fused-ring (bicyclic) bond motifs is 4. The summed E-state index contributed by atoms with van der Waals surface area (Å²) >= 11 is 1.45. The van der Waals surface area contributed by atoms with Crippen LogP contribution in [-0.4, -0.2) is 30.1 Å². The van der Waals surface area contributed by atoms with E-state index in [-0.39, 0.29) is 17.7 Å². The molecule has 4 aliphatic rings. The molecule has 0 spiro atoms. The number of hydrogen-bond donors (Lipinski definition) is 2. The van der Waals surface area contributed by atoms with E-state index in [0.29, 0.717) is 10.6 Å². The van der Waals surface area contributed by atoms with Crippen LogP contribution in [0.1, 0.15) is 59.3 Å². The number of carbonyl (C=O) groups excluding carboxylic acids is 2. The van der Waals surface area contributed by atoms with E-state index in [9.17, 15) is 19.5 Å². The van der Waals surface area contributed by atoms with E-state index in [1.54, 1.807) is 0 Å². The minimum Gasteiger partial charge on any atom is -0.481 e. The maximum absolute atomic E-state index is 13.1. The second-order valence-corrected chi connectivity index (χ2v) is 9.07. The molecule has 1 heterocycles. The van der Waals surface area contributed by atoms with Gasteiger partial charge in [0.2, 0.25) is 5.91 Å². The lowest BCUT2D eigenvalue weighted by atomic mass is 9.58. The van der Waals surface area contributed by atoms with Gasteiger partial charge in [0, 0.05) is 4.88 Å². The van der Waals surface area contributed by atoms with Crippen LogP contribution in [0.15, 0.2) is 0 Å². The van der Waals surface area contributed by atoms with Gasteiger partial charge in [0.1, 0.15) is 5.00 Å². The summed E-state index contributed by atoms with van der Waals surface area (Å²) in [6.45, 7) is 0. The summed E-state index contributed by atoms with van der Waals surface area (Å²) in [5.74, 6) is -2.48. The molecule has 0 unspecified atom stereocenters. The number of hydrogen-bond acceptors (Lipinski definition) is 5. The number of anilines is 1. The molecule has 0 saturated heterocycles. The molecule has 2 atom stereocenters. The minimum absolute atomic E-state index is 0.0832. The van der Waals surface area contributed by atoms with E-state index in [4.69, 9.17) is 4.74 Å². The Bertz CT molecular complexity index is 778. The van der Waals surface area contributed by atoms with Gasteiger partial charge in [-0.15, -0.1) is 11.3 Å². The number of aryl methyl sites for hydroxylation is 1. The molecular weight excluding hydrogens is 366 g/mol. The lowest BCUT2D eigenvalue weighted by Gasteiger charge is -2.45. The summed E-state index contributed by atoms with van der Waals surface area (Å²) in [6, 6.07) is 0. The number of carboxylic acid groups (broad SMARTS) is 1.